The summed E-state index contributed by atoms with van der Waals surface area (Å²) in [6, 6.07) is 5.26. The molecule has 0 fully saturated rings. The second-order valence-corrected chi connectivity index (χ2v) is 10.5. The fourth-order valence-corrected chi connectivity index (χ4v) is 4.83. The van der Waals surface area contributed by atoms with Crippen molar-refractivity contribution in [2.75, 3.05) is 31.1 Å². The minimum atomic E-state index is -1.03. The van der Waals surface area contributed by atoms with Crippen LogP contribution >= 0.6 is 11.6 Å². The van der Waals surface area contributed by atoms with Crippen LogP contribution in [0.3, 0.4) is 0 Å². The van der Waals surface area contributed by atoms with Gasteiger partial charge in [0, 0.05) is 35.2 Å². The zero-order chi connectivity index (χ0) is 29.0. The lowest BCUT2D eigenvalue weighted by atomic mass is 10.0. The van der Waals surface area contributed by atoms with Crippen molar-refractivity contribution in [2.24, 2.45) is 10.7 Å². The van der Waals surface area contributed by atoms with E-state index in [1.54, 1.807) is 24.4 Å². The molecule has 2 aromatic heterocycles. The average Bonchev–Trinajstić information content (AvgIpc) is 3.44. The van der Waals surface area contributed by atoms with E-state index in [-0.39, 0.29) is 13.2 Å². The van der Waals surface area contributed by atoms with E-state index in [0.29, 0.717) is 70.3 Å². The lowest BCUT2D eigenvalue weighted by Crippen LogP contribution is -2.25. The molecule has 0 saturated heterocycles. The zero-order valence-corrected chi connectivity index (χ0v) is 24.3. The number of anilines is 1. The molecule has 0 spiro atoms. The van der Waals surface area contributed by atoms with Crippen LogP contribution in [0, 0.1) is 20.8 Å². The highest BCUT2D eigenvalue weighted by Crippen LogP contribution is 2.38. The van der Waals surface area contributed by atoms with Crippen molar-refractivity contribution in [1.82, 2.24) is 15.1 Å². The molecule has 11 heteroatoms. The van der Waals surface area contributed by atoms with Crippen molar-refractivity contribution in [3.63, 3.8) is 0 Å². The molecular formula is C29H36ClFN6O3. The number of alkyl halides is 1. The number of aliphatic imine (C=N–C) groups is 1. The largest absolute Gasteiger partial charge is 0.491 e. The number of rotatable bonds is 11. The Morgan fingerprint density at radius 3 is 2.73 bits per heavy atom. The van der Waals surface area contributed by atoms with E-state index in [1.807, 2.05) is 32.6 Å². The minimum Gasteiger partial charge on any atom is -0.491 e. The number of benzene rings is 1. The molecule has 0 amide bonds. The second kappa shape index (κ2) is 12.8. The van der Waals surface area contributed by atoms with Gasteiger partial charge in [-0.2, -0.15) is 0 Å². The summed E-state index contributed by atoms with van der Waals surface area (Å²) in [7, 11) is 0. The lowest BCUT2D eigenvalue weighted by molar-refractivity contribution is 0.0994. The number of aliphatic hydroxyl groups excluding tert-OH is 1. The number of aryl methyl sites for hydroxylation is 2. The van der Waals surface area contributed by atoms with Crippen LogP contribution in [-0.2, 0) is 0 Å². The number of halogens is 2. The third kappa shape index (κ3) is 6.62. The standard InChI is InChI=1S/C29H36ClFN6O3/c1-6-7-21(38)15-39-22-8-9-24(30)23(10-22)28-34-27(26-18(4)36-40-19(26)5)17(3)29(35-28)37-13-20(25(32)14-37)12-33-11-16(2)31/h8-10,12,16,21,38H,6-7,11,13-15,32H2,1-5H3/t16?,21-/m1/s1. The first-order valence-electron chi connectivity index (χ1n) is 13.4. The normalized spacial score (nSPS) is 15.3. The van der Waals surface area contributed by atoms with Crippen molar-refractivity contribution in [2.45, 2.75) is 59.7 Å². The van der Waals surface area contributed by atoms with Gasteiger partial charge in [0.25, 0.3) is 0 Å². The highest BCUT2D eigenvalue weighted by atomic mass is 35.5. The predicted octanol–water partition coefficient (Wildman–Crippen LogP) is 5.38. The van der Waals surface area contributed by atoms with Gasteiger partial charge < -0.3 is 25.0 Å². The number of hydrogen-bond donors (Lipinski definition) is 2. The summed E-state index contributed by atoms with van der Waals surface area (Å²) in [5, 5.41) is 14.7. The molecule has 0 saturated carbocycles. The van der Waals surface area contributed by atoms with Crippen molar-refractivity contribution in [1.29, 1.82) is 0 Å². The molecule has 1 unspecified atom stereocenters. The van der Waals surface area contributed by atoms with E-state index in [2.05, 4.69) is 10.1 Å². The Balaban J connectivity index is 1.76. The fraction of sp³-hybridized carbons (Fsp3) is 0.448. The molecule has 9 nitrogen and oxygen atoms in total. The quantitative estimate of drug-likeness (QED) is 0.295. The van der Waals surface area contributed by atoms with Crippen molar-refractivity contribution in [3.05, 3.63) is 51.5 Å². The van der Waals surface area contributed by atoms with Crippen LogP contribution < -0.4 is 15.4 Å². The predicted molar refractivity (Wildman–Crippen MR) is 156 cm³/mol. The average molecular weight is 571 g/mol. The molecule has 0 bridgehead atoms. The van der Waals surface area contributed by atoms with Crippen molar-refractivity contribution in [3.8, 4) is 28.4 Å². The highest BCUT2D eigenvalue weighted by molar-refractivity contribution is 6.33. The summed E-state index contributed by atoms with van der Waals surface area (Å²) in [4.78, 5) is 16.1. The first-order valence-corrected chi connectivity index (χ1v) is 13.8. The summed E-state index contributed by atoms with van der Waals surface area (Å²) in [6.45, 7) is 10.3. The van der Waals surface area contributed by atoms with E-state index < -0.39 is 12.3 Å². The molecule has 40 heavy (non-hydrogen) atoms. The summed E-state index contributed by atoms with van der Waals surface area (Å²) >= 11 is 6.66. The first kappa shape index (κ1) is 29.5. The van der Waals surface area contributed by atoms with Crippen LogP contribution in [-0.4, -0.2) is 65.0 Å². The molecule has 1 aromatic carbocycles. The van der Waals surface area contributed by atoms with Gasteiger partial charge in [-0.15, -0.1) is 0 Å². The van der Waals surface area contributed by atoms with E-state index in [9.17, 15) is 9.50 Å². The van der Waals surface area contributed by atoms with Gasteiger partial charge in [-0.1, -0.05) is 30.1 Å². The molecule has 4 rings (SSSR count). The Morgan fingerprint density at radius 1 is 1.27 bits per heavy atom. The number of aliphatic hydroxyl groups is 1. The van der Waals surface area contributed by atoms with Gasteiger partial charge in [0.15, 0.2) is 5.82 Å². The zero-order valence-electron chi connectivity index (χ0n) is 23.5. The Morgan fingerprint density at radius 2 is 2.05 bits per heavy atom. The van der Waals surface area contributed by atoms with Gasteiger partial charge in [0.05, 0.1) is 41.2 Å². The number of nitrogens with zero attached hydrogens (tertiary/aromatic N) is 5. The molecule has 2 atom stereocenters. The number of hydrogen-bond acceptors (Lipinski definition) is 9. The maximum Gasteiger partial charge on any atom is 0.163 e. The summed E-state index contributed by atoms with van der Waals surface area (Å²) in [5.41, 5.74) is 11.4. The third-order valence-electron chi connectivity index (χ3n) is 6.67. The first-order chi connectivity index (χ1) is 19.1. The van der Waals surface area contributed by atoms with Gasteiger partial charge in [-0.25, -0.2) is 14.4 Å². The highest BCUT2D eigenvalue weighted by Gasteiger charge is 2.27. The van der Waals surface area contributed by atoms with Crippen molar-refractivity contribution >= 4 is 23.6 Å². The molecule has 3 aromatic rings. The van der Waals surface area contributed by atoms with Crippen molar-refractivity contribution < 1.29 is 18.8 Å². The smallest absolute Gasteiger partial charge is 0.163 e. The van der Waals surface area contributed by atoms with E-state index in [1.165, 1.54) is 6.92 Å². The lowest BCUT2D eigenvalue weighted by Gasteiger charge is -2.22. The van der Waals surface area contributed by atoms with Crippen LogP contribution in [0.25, 0.3) is 22.6 Å². The Hall–Kier alpha value is -3.50. The van der Waals surface area contributed by atoms with Crippen LogP contribution in [0.4, 0.5) is 10.2 Å². The van der Waals surface area contributed by atoms with Crippen LogP contribution in [0.1, 0.15) is 43.7 Å². The van der Waals surface area contributed by atoms with Gasteiger partial charge in [0.2, 0.25) is 0 Å². The molecule has 1 aliphatic rings. The maximum absolute atomic E-state index is 13.3. The molecule has 3 N–H and O–H groups in total. The number of nitrogens with two attached hydrogens (primary N) is 1. The van der Waals surface area contributed by atoms with E-state index >= 15 is 0 Å². The molecule has 1 aliphatic heterocycles. The van der Waals surface area contributed by atoms with Gasteiger partial charge in [0.1, 0.15) is 30.1 Å². The number of aromatic nitrogens is 3. The summed E-state index contributed by atoms with van der Waals surface area (Å²) in [5.74, 6) is 2.25. The SMILES string of the molecule is CCC[C@@H](O)COc1ccc(Cl)c(-c2nc(-c3c(C)noc3C)c(C)c(N3CC(N)=C(C=NCC(C)F)C3)n2)c1. The molecule has 0 aliphatic carbocycles. The molecule has 0 radical (unpaired) electrons. The molecule has 214 valence electrons. The summed E-state index contributed by atoms with van der Waals surface area (Å²) < 4.78 is 24.6. The van der Waals surface area contributed by atoms with Gasteiger partial charge >= 0.3 is 0 Å². The van der Waals surface area contributed by atoms with Crippen LogP contribution in [0.15, 0.2) is 39.0 Å². The topological polar surface area (TPSA) is 123 Å². The fourth-order valence-electron chi connectivity index (χ4n) is 4.62. The minimum absolute atomic E-state index is 0.0794. The number of ether oxygens (including phenoxy) is 1. The van der Waals surface area contributed by atoms with E-state index in [4.69, 9.17) is 36.6 Å². The van der Waals surface area contributed by atoms with Gasteiger partial charge in [-0.3, -0.25) is 4.99 Å². The van der Waals surface area contributed by atoms with E-state index in [0.717, 1.165) is 23.1 Å². The second-order valence-electron chi connectivity index (χ2n) is 10.1. The monoisotopic (exact) mass is 570 g/mol. The molecule has 3 heterocycles. The third-order valence-corrected chi connectivity index (χ3v) is 7.00. The Bertz CT molecular complexity index is 1400. The molecular weight excluding hydrogens is 535 g/mol. The van der Waals surface area contributed by atoms with Gasteiger partial charge in [-0.05, 0) is 52.3 Å². The summed E-state index contributed by atoms with van der Waals surface area (Å²) in [6.07, 6.45) is 1.57. The maximum atomic E-state index is 13.3. The Kier molecular flexibility index (Phi) is 9.42. The van der Waals surface area contributed by atoms with Crippen LogP contribution in [0.5, 0.6) is 5.75 Å². The van der Waals surface area contributed by atoms with Crippen LogP contribution in [0.2, 0.25) is 5.02 Å². The Labute approximate surface area is 238 Å².